The monoisotopic (exact) mass is 343 g/mol. The van der Waals surface area contributed by atoms with Crippen LogP contribution >= 0.6 is 0 Å². The first kappa shape index (κ1) is 20.3. The Hall–Kier alpha value is -2.76. The molecule has 6 heteroatoms. The van der Waals surface area contributed by atoms with Crippen molar-refractivity contribution < 1.29 is 9.59 Å². The highest BCUT2D eigenvalue weighted by Gasteiger charge is 2.30. The van der Waals surface area contributed by atoms with Crippen molar-refractivity contribution in [1.82, 2.24) is 14.9 Å². The first-order chi connectivity index (χ1) is 12.0. The summed E-state index contributed by atoms with van der Waals surface area (Å²) in [4.78, 5) is 40.6. The van der Waals surface area contributed by atoms with Crippen LogP contribution in [0.2, 0.25) is 0 Å². The molecule has 1 atom stereocenters. The number of rotatable bonds is 3. The van der Waals surface area contributed by atoms with Crippen molar-refractivity contribution in [2.24, 2.45) is 0 Å². The van der Waals surface area contributed by atoms with Crippen LogP contribution in [0, 0.1) is 6.92 Å². The number of imide groups is 1. The van der Waals surface area contributed by atoms with Gasteiger partial charge in [0, 0.05) is 6.42 Å². The lowest BCUT2D eigenvalue weighted by atomic mass is 10.1. The average Bonchev–Trinajstić information content (AvgIpc) is 2.58. The van der Waals surface area contributed by atoms with E-state index in [0.717, 1.165) is 0 Å². The molecule has 0 spiro atoms. The molecule has 0 radical (unpaired) electrons. The Morgan fingerprint density at radius 3 is 2.48 bits per heavy atom. The minimum Gasteiger partial charge on any atom is -0.295 e. The van der Waals surface area contributed by atoms with E-state index in [9.17, 15) is 14.4 Å². The molecule has 0 saturated carbocycles. The molecule has 6 nitrogen and oxygen atoms in total. The van der Waals surface area contributed by atoms with Crippen molar-refractivity contribution in [3.05, 3.63) is 51.6 Å². The standard InChI is InChI=1S/C17H19N3O3.C2H6/c1-4-6-8-12-13(7-5-2)18-11(3)20(17(12)23)14-9-10-15(21)19-16(14)22;1-2/h4-8,14H,2,9-10H2,1,3H3,(H,19,21,22);1-2H3/b6-4-,12-8+,13-7+;. The van der Waals surface area contributed by atoms with E-state index in [1.54, 1.807) is 37.3 Å². The number of allylic oxidation sites excluding steroid dienone is 3. The van der Waals surface area contributed by atoms with Crippen LogP contribution in [-0.2, 0) is 9.59 Å². The molecule has 0 aromatic carbocycles. The van der Waals surface area contributed by atoms with Gasteiger partial charge in [0.25, 0.3) is 5.56 Å². The summed E-state index contributed by atoms with van der Waals surface area (Å²) in [5.41, 5.74) is -0.307. The van der Waals surface area contributed by atoms with Gasteiger partial charge in [-0.2, -0.15) is 0 Å². The van der Waals surface area contributed by atoms with Crippen LogP contribution in [-0.4, -0.2) is 21.4 Å². The van der Waals surface area contributed by atoms with Crippen LogP contribution in [0.3, 0.4) is 0 Å². The zero-order valence-electron chi connectivity index (χ0n) is 15.2. The Labute approximate surface area is 147 Å². The van der Waals surface area contributed by atoms with Crippen LogP contribution in [0.1, 0.15) is 45.5 Å². The van der Waals surface area contributed by atoms with E-state index in [-0.39, 0.29) is 17.9 Å². The maximum absolute atomic E-state index is 12.9. The van der Waals surface area contributed by atoms with Crippen molar-refractivity contribution in [2.75, 3.05) is 0 Å². The summed E-state index contributed by atoms with van der Waals surface area (Å²) in [6.45, 7) is 11.1. The van der Waals surface area contributed by atoms with Crippen molar-refractivity contribution >= 4 is 24.0 Å². The lowest BCUT2D eigenvalue weighted by Gasteiger charge is -2.24. The van der Waals surface area contributed by atoms with Crippen LogP contribution in [0.25, 0.3) is 12.2 Å². The van der Waals surface area contributed by atoms with Gasteiger partial charge in [0.2, 0.25) is 11.8 Å². The van der Waals surface area contributed by atoms with E-state index in [1.165, 1.54) is 4.57 Å². The SMILES string of the molecule is C=C/C=c1/nc(C)n(C2CCC(=O)NC2=O)c(=O)/c1=C/C=C\C.CC. The van der Waals surface area contributed by atoms with E-state index >= 15 is 0 Å². The quantitative estimate of drug-likeness (QED) is 0.826. The first-order valence-electron chi connectivity index (χ1n) is 8.38. The molecular weight excluding hydrogens is 318 g/mol. The minimum absolute atomic E-state index is 0.205. The second kappa shape index (κ2) is 9.52. The molecule has 1 fully saturated rings. The fraction of sp³-hybridized carbons (Fsp3) is 0.368. The van der Waals surface area contributed by atoms with Crippen molar-refractivity contribution in [3.63, 3.8) is 0 Å². The van der Waals surface area contributed by atoms with Crippen molar-refractivity contribution in [2.45, 2.75) is 46.6 Å². The molecule has 1 unspecified atom stereocenters. The first-order valence-corrected chi connectivity index (χ1v) is 8.38. The summed E-state index contributed by atoms with van der Waals surface area (Å²) in [6.07, 6.45) is 8.91. The maximum atomic E-state index is 12.9. The summed E-state index contributed by atoms with van der Waals surface area (Å²) in [5, 5.41) is 3.16. The molecule has 1 aromatic rings. The van der Waals surface area contributed by atoms with Gasteiger partial charge in [0.1, 0.15) is 11.9 Å². The lowest BCUT2D eigenvalue weighted by molar-refractivity contribution is -0.135. The molecule has 1 N–H and O–H groups in total. The van der Waals surface area contributed by atoms with Crippen molar-refractivity contribution in [1.29, 1.82) is 0 Å². The Morgan fingerprint density at radius 1 is 1.24 bits per heavy atom. The predicted octanol–water partition coefficient (Wildman–Crippen LogP) is 0.879. The summed E-state index contributed by atoms with van der Waals surface area (Å²) in [7, 11) is 0. The number of piperidine rings is 1. The molecule has 0 bridgehead atoms. The number of nitrogens with one attached hydrogen (secondary N) is 1. The molecule has 1 aliphatic heterocycles. The molecule has 1 aromatic heterocycles. The third-order valence-corrected chi connectivity index (χ3v) is 3.61. The molecule has 2 amide bonds. The van der Waals surface area contributed by atoms with Crippen molar-refractivity contribution in [3.8, 4) is 0 Å². The molecule has 2 heterocycles. The second-order valence-electron chi connectivity index (χ2n) is 5.19. The van der Waals surface area contributed by atoms with Gasteiger partial charge < -0.3 is 0 Å². The van der Waals surface area contributed by atoms with Gasteiger partial charge >= 0.3 is 0 Å². The van der Waals surface area contributed by atoms with E-state index < -0.39 is 11.9 Å². The number of carbonyl (C=O) groups is 2. The molecule has 1 saturated heterocycles. The van der Waals surface area contributed by atoms with Crippen LogP contribution < -0.4 is 21.4 Å². The van der Waals surface area contributed by atoms with Gasteiger partial charge in [0.05, 0.1) is 10.6 Å². The highest BCUT2D eigenvalue weighted by Crippen LogP contribution is 2.16. The number of hydrogen-bond acceptors (Lipinski definition) is 4. The van der Waals surface area contributed by atoms with E-state index in [2.05, 4.69) is 16.9 Å². The number of nitrogens with zero attached hydrogens (tertiary/aromatic N) is 2. The average molecular weight is 343 g/mol. The van der Waals surface area contributed by atoms with Crippen LogP contribution in [0.4, 0.5) is 0 Å². The molecule has 134 valence electrons. The minimum atomic E-state index is -0.719. The molecular formula is C19H25N3O3. The van der Waals surface area contributed by atoms with Crippen LogP contribution in [0.5, 0.6) is 0 Å². The summed E-state index contributed by atoms with van der Waals surface area (Å²) < 4.78 is 1.36. The number of aromatic nitrogens is 2. The molecule has 1 aliphatic rings. The lowest BCUT2D eigenvalue weighted by Crippen LogP contribution is -2.52. The normalized spacial score (nSPS) is 18.8. The summed E-state index contributed by atoms with van der Waals surface area (Å²) >= 11 is 0. The zero-order chi connectivity index (χ0) is 19.0. The number of carbonyl (C=O) groups excluding carboxylic acids is 2. The number of amides is 2. The topological polar surface area (TPSA) is 81.1 Å². The van der Waals surface area contributed by atoms with Crippen LogP contribution in [0.15, 0.2) is 29.6 Å². The highest BCUT2D eigenvalue weighted by molar-refractivity contribution is 5.99. The third-order valence-electron chi connectivity index (χ3n) is 3.61. The maximum Gasteiger partial charge on any atom is 0.262 e. The van der Waals surface area contributed by atoms with E-state index in [0.29, 0.717) is 22.8 Å². The van der Waals surface area contributed by atoms with Gasteiger partial charge in [-0.1, -0.05) is 38.7 Å². The molecule has 0 aliphatic carbocycles. The fourth-order valence-electron chi connectivity index (χ4n) is 2.56. The second-order valence-corrected chi connectivity index (χ2v) is 5.19. The Kier molecular flexibility index (Phi) is 7.72. The Balaban J connectivity index is 0.00000151. The number of aryl methyl sites for hydroxylation is 1. The molecule has 2 rings (SSSR count). The fourth-order valence-corrected chi connectivity index (χ4v) is 2.56. The van der Waals surface area contributed by atoms with Gasteiger partial charge in [0.15, 0.2) is 0 Å². The number of hydrogen-bond donors (Lipinski definition) is 1. The predicted molar refractivity (Wildman–Crippen MR) is 99.2 cm³/mol. The summed E-state index contributed by atoms with van der Waals surface area (Å²) in [5.74, 6) is -0.358. The largest absolute Gasteiger partial charge is 0.295 e. The Bertz CT molecular complexity index is 863. The smallest absolute Gasteiger partial charge is 0.262 e. The van der Waals surface area contributed by atoms with Gasteiger partial charge in [-0.25, -0.2) is 4.98 Å². The molecule has 25 heavy (non-hydrogen) atoms. The zero-order valence-corrected chi connectivity index (χ0v) is 15.2. The van der Waals surface area contributed by atoms with Gasteiger partial charge in [-0.15, -0.1) is 0 Å². The Morgan fingerprint density at radius 2 is 1.92 bits per heavy atom. The highest BCUT2D eigenvalue weighted by atomic mass is 16.2. The van der Waals surface area contributed by atoms with E-state index in [4.69, 9.17) is 0 Å². The summed E-state index contributed by atoms with van der Waals surface area (Å²) in [6, 6.07) is -0.719. The van der Waals surface area contributed by atoms with Gasteiger partial charge in [-0.05, 0) is 32.4 Å². The van der Waals surface area contributed by atoms with Gasteiger partial charge in [-0.3, -0.25) is 24.3 Å². The van der Waals surface area contributed by atoms with E-state index in [1.807, 2.05) is 20.8 Å². The third kappa shape index (κ3) is 4.62.